The molecule has 2 heterocycles. The summed E-state index contributed by atoms with van der Waals surface area (Å²) in [5.74, 6) is 0.472. The molecular formula is C24H30N2O5S. The van der Waals surface area contributed by atoms with E-state index in [0.717, 1.165) is 25.0 Å². The second-order valence-electron chi connectivity index (χ2n) is 8.44. The lowest BCUT2D eigenvalue weighted by atomic mass is 10.1. The zero-order valence-corrected chi connectivity index (χ0v) is 19.1. The van der Waals surface area contributed by atoms with Crippen LogP contribution in [-0.2, 0) is 14.8 Å². The third-order valence-corrected chi connectivity index (χ3v) is 7.92. The molecule has 32 heavy (non-hydrogen) atoms. The minimum Gasteiger partial charge on any atom is -0.491 e. The maximum Gasteiger partial charge on any atom is 0.251 e. The van der Waals surface area contributed by atoms with Gasteiger partial charge in [-0.05, 0) is 62.9 Å². The van der Waals surface area contributed by atoms with Crippen molar-refractivity contribution in [2.75, 3.05) is 26.3 Å². The van der Waals surface area contributed by atoms with Crippen LogP contribution >= 0.6 is 0 Å². The number of hydrogen-bond donors (Lipinski definition) is 1. The third-order valence-electron chi connectivity index (χ3n) is 6.00. The van der Waals surface area contributed by atoms with Crippen LogP contribution in [0.5, 0.6) is 5.75 Å². The van der Waals surface area contributed by atoms with E-state index in [9.17, 15) is 13.2 Å². The Morgan fingerprint density at radius 1 is 1.12 bits per heavy atom. The molecule has 7 nitrogen and oxygen atoms in total. The molecule has 0 unspecified atom stereocenters. The Labute approximate surface area is 189 Å². The van der Waals surface area contributed by atoms with Crippen LogP contribution in [0.3, 0.4) is 0 Å². The number of carbonyl (C=O) groups excluding carboxylic acids is 1. The van der Waals surface area contributed by atoms with Crippen molar-refractivity contribution >= 4 is 15.9 Å². The first kappa shape index (κ1) is 22.8. The number of hydrogen-bond acceptors (Lipinski definition) is 5. The Bertz CT molecular complexity index is 1020. The molecule has 1 atom stereocenters. The van der Waals surface area contributed by atoms with Gasteiger partial charge in [-0.3, -0.25) is 4.79 Å². The molecule has 0 aromatic heterocycles. The number of benzene rings is 2. The van der Waals surface area contributed by atoms with Gasteiger partial charge in [-0.1, -0.05) is 23.8 Å². The summed E-state index contributed by atoms with van der Waals surface area (Å²) in [5, 5.41) is 3.04. The maximum absolute atomic E-state index is 12.9. The average Bonchev–Trinajstić information content (AvgIpc) is 3.32. The number of nitrogens with one attached hydrogen (secondary N) is 1. The first-order chi connectivity index (χ1) is 15.4. The Kier molecular flexibility index (Phi) is 7.13. The quantitative estimate of drug-likeness (QED) is 0.689. The van der Waals surface area contributed by atoms with E-state index < -0.39 is 10.0 Å². The summed E-state index contributed by atoms with van der Waals surface area (Å²) in [6.45, 7) is 3.95. The fraction of sp³-hybridized carbons (Fsp3) is 0.458. The van der Waals surface area contributed by atoms with Crippen LogP contribution < -0.4 is 10.1 Å². The molecule has 0 aliphatic carbocycles. The molecule has 2 fully saturated rings. The lowest BCUT2D eigenvalue weighted by Gasteiger charge is -2.31. The molecule has 2 aromatic carbocycles. The van der Waals surface area contributed by atoms with Gasteiger partial charge in [0, 0.05) is 31.3 Å². The minimum atomic E-state index is -3.51. The van der Waals surface area contributed by atoms with Crippen LogP contribution in [0.1, 0.15) is 41.6 Å². The number of piperidine rings is 1. The zero-order chi connectivity index (χ0) is 22.6. The third kappa shape index (κ3) is 5.49. The fourth-order valence-electron chi connectivity index (χ4n) is 4.06. The van der Waals surface area contributed by atoms with Crippen LogP contribution in [0.2, 0.25) is 0 Å². The molecule has 2 aliphatic rings. The average molecular weight is 459 g/mol. The molecule has 1 amide bonds. The minimum absolute atomic E-state index is 0.0663. The molecule has 0 radical (unpaired) electrons. The monoisotopic (exact) mass is 458 g/mol. The van der Waals surface area contributed by atoms with Crippen molar-refractivity contribution in [3.8, 4) is 5.75 Å². The van der Waals surface area contributed by atoms with Crippen molar-refractivity contribution in [3.63, 3.8) is 0 Å². The van der Waals surface area contributed by atoms with Gasteiger partial charge in [-0.25, -0.2) is 8.42 Å². The van der Waals surface area contributed by atoms with Crippen LogP contribution in [0.4, 0.5) is 0 Å². The van der Waals surface area contributed by atoms with Gasteiger partial charge in [-0.15, -0.1) is 0 Å². The van der Waals surface area contributed by atoms with Gasteiger partial charge >= 0.3 is 0 Å². The summed E-state index contributed by atoms with van der Waals surface area (Å²) in [7, 11) is -3.51. The molecule has 1 N–H and O–H groups in total. The van der Waals surface area contributed by atoms with Gasteiger partial charge < -0.3 is 14.8 Å². The lowest BCUT2D eigenvalue weighted by molar-refractivity contribution is 0.0679. The molecule has 8 heteroatoms. The SMILES string of the molecule is Cc1ccc(S(=O)(=O)N2CCC(NC(=O)c3cccc(OC[C@H]4CCCO4)c3)CC2)cc1. The smallest absolute Gasteiger partial charge is 0.251 e. The molecule has 172 valence electrons. The van der Waals surface area contributed by atoms with Crippen molar-refractivity contribution in [1.29, 1.82) is 0 Å². The largest absolute Gasteiger partial charge is 0.491 e. The number of sulfonamides is 1. The van der Waals surface area contributed by atoms with Gasteiger partial charge in [0.15, 0.2) is 0 Å². The number of aryl methyl sites for hydroxylation is 1. The summed E-state index contributed by atoms with van der Waals surface area (Å²) >= 11 is 0. The molecular weight excluding hydrogens is 428 g/mol. The Morgan fingerprint density at radius 2 is 1.88 bits per heavy atom. The number of rotatable bonds is 7. The molecule has 0 saturated carbocycles. The fourth-order valence-corrected chi connectivity index (χ4v) is 5.53. The summed E-state index contributed by atoms with van der Waals surface area (Å²) in [6.07, 6.45) is 3.33. The first-order valence-electron chi connectivity index (χ1n) is 11.1. The molecule has 2 saturated heterocycles. The van der Waals surface area contributed by atoms with E-state index in [-0.39, 0.29) is 18.1 Å². The van der Waals surface area contributed by atoms with Crippen molar-refractivity contribution in [1.82, 2.24) is 9.62 Å². The van der Waals surface area contributed by atoms with Crippen LogP contribution in [0.25, 0.3) is 0 Å². The highest BCUT2D eigenvalue weighted by molar-refractivity contribution is 7.89. The van der Waals surface area contributed by atoms with E-state index in [4.69, 9.17) is 9.47 Å². The highest BCUT2D eigenvalue weighted by Crippen LogP contribution is 2.22. The molecule has 2 aromatic rings. The number of carbonyl (C=O) groups is 1. The normalized spacial score (nSPS) is 20.2. The molecule has 0 spiro atoms. The summed E-state index contributed by atoms with van der Waals surface area (Å²) in [4.78, 5) is 13.0. The van der Waals surface area contributed by atoms with E-state index in [1.165, 1.54) is 4.31 Å². The van der Waals surface area contributed by atoms with Gasteiger partial charge in [0.25, 0.3) is 5.91 Å². The van der Waals surface area contributed by atoms with Crippen molar-refractivity contribution in [2.24, 2.45) is 0 Å². The molecule has 0 bridgehead atoms. The summed E-state index contributed by atoms with van der Waals surface area (Å²) in [6, 6.07) is 14.0. The van der Waals surface area contributed by atoms with Gasteiger partial charge in [-0.2, -0.15) is 4.31 Å². The van der Waals surface area contributed by atoms with Crippen LogP contribution in [0.15, 0.2) is 53.4 Å². The number of nitrogens with zero attached hydrogens (tertiary/aromatic N) is 1. The first-order valence-corrected chi connectivity index (χ1v) is 12.6. The van der Waals surface area contributed by atoms with Crippen molar-refractivity contribution < 1.29 is 22.7 Å². The number of amides is 1. The Morgan fingerprint density at radius 3 is 2.56 bits per heavy atom. The second-order valence-corrected chi connectivity index (χ2v) is 10.4. The van der Waals surface area contributed by atoms with E-state index in [1.807, 2.05) is 13.0 Å². The van der Waals surface area contributed by atoms with Gasteiger partial charge in [0.1, 0.15) is 12.4 Å². The van der Waals surface area contributed by atoms with Crippen LogP contribution in [-0.4, -0.2) is 57.1 Å². The lowest BCUT2D eigenvalue weighted by Crippen LogP contribution is -2.46. The summed E-state index contributed by atoms with van der Waals surface area (Å²) < 4.78 is 38.6. The van der Waals surface area contributed by atoms with Gasteiger partial charge in [0.2, 0.25) is 10.0 Å². The van der Waals surface area contributed by atoms with Crippen molar-refractivity contribution in [3.05, 3.63) is 59.7 Å². The van der Waals surface area contributed by atoms with Crippen LogP contribution in [0, 0.1) is 6.92 Å². The van der Waals surface area contributed by atoms with E-state index in [0.29, 0.717) is 48.7 Å². The predicted molar refractivity (Wildman–Crippen MR) is 121 cm³/mol. The topological polar surface area (TPSA) is 84.9 Å². The van der Waals surface area contributed by atoms with E-state index >= 15 is 0 Å². The highest BCUT2D eigenvalue weighted by atomic mass is 32.2. The van der Waals surface area contributed by atoms with Gasteiger partial charge in [0.05, 0.1) is 11.0 Å². The molecule has 2 aliphatic heterocycles. The Balaban J connectivity index is 1.29. The maximum atomic E-state index is 12.9. The summed E-state index contributed by atoms with van der Waals surface area (Å²) in [5.41, 5.74) is 1.55. The number of ether oxygens (including phenoxy) is 2. The zero-order valence-electron chi connectivity index (χ0n) is 18.3. The van der Waals surface area contributed by atoms with Crippen molar-refractivity contribution in [2.45, 2.75) is 49.6 Å². The predicted octanol–water partition coefficient (Wildman–Crippen LogP) is 3.14. The highest BCUT2D eigenvalue weighted by Gasteiger charge is 2.30. The Hall–Kier alpha value is -2.42. The van der Waals surface area contributed by atoms with E-state index in [1.54, 1.807) is 42.5 Å². The second kappa shape index (κ2) is 10.0. The molecule has 4 rings (SSSR count). The van der Waals surface area contributed by atoms with E-state index in [2.05, 4.69) is 5.32 Å². The standard InChI is InChI=1S/C24H30N2O5S/c1-18-7-9-23(10-8-18)32(28,29)26-13-11-20(12-14-26)25-24(27)19-4-2-5-21(16-19)31-17-22-6-3-15-30-22/h2,4-5,7-10,16,20,22H,3,6,11-15,17H2,1H3,(H,25,27)/t22-/m1/s1.